The van der Waals surface area contributed by atoms with Gasteiger partial charge >= 0.3 is 6.18 Å². The van der Waals surface area contributed by atoms with Crippen LogP contribution in [0, 0.1) is 0 Å². The van der Waals surface area contributed by atoms with Crippen LogP contribution in [0.15, 0.2) is 48.7 Å². The molecule has 0 amide bonds. The first-order valence-corrected chi connectivity index (χ1v) is 10.1. The summed E-state index contributed by atoms with van der Waals surface area (Å²) in [4.78, 5) is 8.92. The number of alkyl halides is 3. The fourth-order valence-electron chi connectivity index (χ4n) is 3.57. The van der Waals surface area contributed by atoms with Gasteiger partial charge in [0.15, 0.2) is 11.5 Å². The Hall–Kier alpha value is -4.15. The van der Waals surface area contributed by atoms with Crippen molar-refractivity contribution in [3.8, 4) is 22.9 Å². The first-order chi connectivity index (χ1) is 16.3. The summed E-state index contributed by atoms with van der Waals surface area (Å²) in [7, 11) is 6.32. The van der Waals surface area contributed by atoms with Crippen LogP contribution in [-0.2, 0) is 6.18 Å². The molecule has 0 aliphatic carbocycles. The number of anilines is 3. The highest BCUT2D eigenvalue weighted by molar-refractivity contribution is 5.84. The van der Waals surface area contributed by atoms with Crippen molar-refractivity contribution < 1.29 is 27.4 Å². The molecular weight excluding hydrogens is 451 g/mol. The van der Waals surface area contributed by atoms with Gasteiger partial charge in [0, 0.05) is 30.9 Å². The number of imidazole rings is 1. The third-order valence-corrected chi connectivity index (χ3v) is 5.16. The molecule has 0 aliphatic heterocycles. The Morgan fingerprint density at radius 1 is 0.912 bits per heavy atom. The summed E-state index contributed by atoms with van der Waals surface area (Å²) in [6, 6.07) is 10.1. The van der Waals surface area contributed by atoms with E-state index in [4.69, 9.17) is 14.2 Å². The third kappa shape index (κ3) is 4.24. The molecule has 2 N–H and O–H groups in total. The van der Waals surface area contributed by atoms with Crippen molar-refractivity contribution in [1.29, 1.82) is 0 Å². The number of ether oxygens (including phenoxy) is 3. The van der Waals surface area contributed by atoms with Crippen molar-refractivity contribution in [1.82, 2.24) is 14.5 Å². The zero-order valence-electron chi connectivity index (χ0n) is 18.8. The normalized spacial score (nSPS) is 11.4. The molecule has 8 nitrogen and oxygen atoms in total. The maximum atomic E-state index is 12.8. The number of pyridine rings is 1. The fourth-order valence-corrected chi connectivity index (χ4v) is 3.57. The van der Waals surface area contributed by atoms with Crippen LogP contribution in [0.4, 0.5) is 30.6 Å². The lowest BCUT2D eigenvalue weighted by Crippen LogP contribution is -2.05. The van der Waals surface area contributed by atoms with E-state index in [0.717, 1.165) is 12.1 Å². The Morgan fingerprint density at radius 2 is 1.56 bits per heavy atom. The average Bonchev–Trinajstić information content (AvgIpc) is 3.20. The molecule has 4 rings (SSSR count). The molecule has 34 heavy (non-hydrogen) atoms. The number of halogens is 3. The van der Waals surface area contributed by atoms with Crippen LogP contribution in [0.3, 0.4) is 0 Å². The van der Waals surface area contributed by atoms with E-state index in [1.54, 1.807) is 31.4 Å². The van der Waals surface area contributed by atoms with Crippen LogP contribution in [0.25, 0.3) is 16.7 Å². The second-order valence-corrected chi connectivity index (χ2v) is 7.16. The van der Waals surface area contributed by atoms with Crippen LogP contribution < -0.4 is 24.8 Å². The van der Waals surface area contributed by atoms with Crippen molar-refractivity contribution in [2.24, 2.45) is 0 Å². The lowest BCUT2D eigenvalue weighted by Gasteiger charge is -2.16. The molecule has 0 fully saturated rings. The van der Waals surface area contributed by atoms with Crippen LogP contribution in [0.5, 0.6) is 17.2 Å². The summed E-state index contributed by atoms with van der Waals surface area (Å²) < 4.78 is 56.7. The van der Waals surface area contributed by atoms with Gasteiger partial charge in [-0.3, -0.25) is 4.57 Å². The Balaban J connectivity index is 1.79. The van der Waals surface area contributed by atoms with Gasteiger partial charge in [0.2, 0.25) is 11.7 Å². The smallest absolute Gasteiger partial charge is 0.416 e. The number of fused-ring (bicyclic) bond motifs is 1. The van der Waals surface area contributed by atoms with Crippen molar-refractivity contribution in [2.75, 3.05) is 39.0 Å². The largest absolute Gasteiger partial charge is 0.493 e. The van der Waals surface area contributed by atoms with Gasteiger partial charge in [-0.15, -0.1) is 0 Å². The van der Waals surface area contributed by atoms with Gasteiger partial charge in [-0.1, -0.05) is 0 Å². The molecule has 0 atom stereocenters. The number of hydrogen-bond donors (Lipinski definition) is 2. The number of nitrogens with one attached hydrogen (secondary N) is 2. The Kier molecular flexibility index (Phi) is 6.10. The van der Waals surface area contributed by atoms with E-state index < -0.39 is 11.7 Å². The van der Waals surface area contributed by atoms with Gasteiger partial charge in [-0.2, -0.15) is 13.2 Å². The molecule has 11 heteroatoms. The number of rotatable bonds is 7. The Bertz CT molecular complexity index is 1300. The predicted molar refractivity (Wildman–Crippen MR) is 123 cm³/mol. The molecular formula is C23H22F3N5O3. The summed E-state index contributed by atoms with van der Waals surface area (Å²) in [5, 5.41) is 6.10. The molecule has 0 saturated carbocycles. The summed E-state index contributed by atoms with van der Waals surface area (Å²) in [5.74, 6) is 2.37. The maximum absolute atomic E-state index is 12.8. The van der Waals surface area contributed by atoms with E-state index in [1.807, 2.05) is 4.57 Å². The van der Waals surface area contributed by atoms with Gasteiger partial charge in [-0.25, -0.2) is 9.97 Å². The summed E-state index contributed by atoms with van der Waals surface area (Å²) in [6.07, 6.45) is -2.82. The van der Waals surface area contributed by atoms with E-state index in [-0.39, 0.29) is 0 Å². The quantitative estimate of drug-likeness (QED) is 0.379. The summed E-state index contributed by atoms with van der Waals surface area (Å²) >= 11 is 0. The standard InChI is InChI=1S/C23H22F3N5O3/c1-27-22-30-16-12-28-20(29-14-7-5-13(6-8-14)23(24,25)26)11-17(16)31(22)15-9-18(32-2)21(34-4)19(10-15)33-3/h5-12H,1-4H3,(H,27,30)(H,28,29). The summed E-state index contributed by atoms with van der Waals surface area (Å²) in [5.41, 5.74) is 1.74. The predicted octanol–water partition coefficient (Wildman–Crippen LogP) is 5.25. The van der Waals surface area contributed by atoms with E-state index in [9.17, 15) is 13.2 Å². The minimum atomic E-state index is -4.40. The topological polar surface area (TPSA) is 82.5 Å². The Labute approximate surface area is 193 Å². The highest BCUT2D eigenvalue weighted by Crippen LogP contribution is 2.41. The molecule has 2 aromatic heterocycles. The average molecular weight is 473 g/mol. The molecule has 0 aliphatic rings. The monoisotopic (exact) mass is 473 g/mol. The zero-order valence-corrected chi connectivity index (χ0v) is 18.8. The lowest BCUT2D eigenvalue weighted by molar-refractivity contribution is -0.137. The minimum Gasteiger partial charge on any atom is -0.493 e. The highest BCUT2D eigenvalue weighted by Gasteiger charge is 2.30. The van der Waals surface area contributed by atoms with E-state index in [0.29, 0.717) is 51.4 Å². The first-order valence-electron chi connectivity index (χ1n) is 10.1. The molecule has 0 saturated heterocycles. The van der Waals surface area contributed by atoms with Crippen LogP contribution >= 0.6 is 0 Å². The molecule has 178 valence electrons. The van der Waals surface area contributed by atoms with Crippen LogP contribution in [-0.4, -0.2) is 42.9 Å². The highest BCUT2D eigenvalue weighted by atomic mass is 19.4. The molecule has 4 aromatic rings. The molecule has 2 heterocycles. The maximum Gasteiger partial charge on any atom is 0.416 e. The Morgan fingerprint density at radius 3 is 2.09 bits per heavy atom. The van der Waals surface area contributed by atoms with Crippen molar-refractivity contribution >= 4 is 28.5 Å². The number of hydrogen-bond acceptors (Lipinski definition) is 7. The zero-order chi connectivity index (χ0) is 24.5. The molecule has 0 bridgehead atoms. The van der Waals surface area contributed by atoms with Crippen molar-refractivity contribution in [3.05, 3.63) is 54.2 Å². The van der Waals surface area contributed by atoms with Gasteiger partial charge in [0.1, 0.15) is 11.3 Å². The van der Waals surface area contributed by atoms with Crippen molar-refractivity contribution in [2.45, 2.75) is 6.18 Å². The van der Waals surface area contributed by atoms with Gasteiger partial charge in [0.25, 0.3) is 0 Å². The van der Waals surface area contributed by atoms with Crippen molar-refractivity contribution in [3.63, 3.8) is 0 Å². The van der Waals surface area contributed by atoms with Crippen LogP contribution in [0.2, 0.25) is 0 Å². The number of aromatic nitrogens is 3. The van der Waals surface area contributed by atoms with E-state index in [2.05, 4.69) is 20.6 Å². The SMILES string of the molecule is CNc1nc2cnc(Nc3ccc(C(F)(F)F)cc3)cc2n1-c1cc(OC)c(OC)c(OC)c1. The molecule has 0 unspecified atom stereocenters. The number of benzene rings is 2. The number of methoxy groups -OCH3 is 3. The third-order valence-electron chi connectivity index (χ3n) is 5.16. The molecule has 0 radical (unpaired) electrons. The first kappa shape index (κ1) is 23.0. The second-order valence-electron chi connectivity index (χ2n) is 7.16. The molecule has 2 aromatic carbocycles. The van der Waals surface area contributed by atoms with E-state index in [1.165, 1.54) is 33.5 Å². The lowest BCUT2D eigenvalue weighted by atomic mass is 10.2. The van der Waals surface area contributed by atoms with Crippen LogP contribution in [0.1, 0.15) is 5.56 Å². The number of nitrogens with zero attached hydrogens (tertiary/aromatic N) is 3. The van der Waals surface area contributed by atoms with E-state index >= 15 is 0 Å². The van der Waals surface area contributed by atoms with Gasteiger partial charge in [0.05, 0.1) is 44.3 Å². The summed E-state index contributed by atoms with van der Waals surface area (Å²) in [6.45, 7) is 0. The van der Waals surface area contributed by atoms with Gasteiger partial charge < -0.3 is 24.8 Å². The molecule has 0 spiro atoms. The fraction of sp³-hybridized carbons (Fsp3) is 0.217. The minimum absolute atomic E-state index is 0.434. The second kappa shape index (κ2) is 9.00. The van der Waals surface area contributed by atoms with Gasteiger partial charge in [-0.05, 0) is 24.3 Å².